The minimum atomic E-state index is -0.0434. The molecule has 3 rings (SSSR count). The summed E-state index contributed by atoms with van der Waals surface area (Å²) in [7, 11) is 0. The van der Waals surface area contributed by atoms with Gasteiger partial charge in [0.25, 0.3) is 5.56 Å². The second-order valence-electron chi connectivity index (χ2n) is 5.01. The van der Waals surface area contributed by atoms with E-state index in [1.165, 1.54) is 5.56 Å². The van der Waals surface area contributed by atoms with Gasteiger partial charge in [0.05, 0.1) is 5.69 Å². The number of benzene rings is 1. The lowest BCUT2D eigenvalue weighted by Crippen LogP contribution is -2.13. The van der Waals surface area contributed by atoms with Crippen LogP contribution in [0.4, 0.5) is 0 Å². The van der Waals surface area contributed by atoms with Crippen molar-refractivity contribution in [3.63, 3.8) is 0 Å². The highest BCUT2D eigenvalue weighted by Gasteiger charge is 2.06. The topological polar surface area (TPSA) is 50.7 Å². The van der Waals surface area contributed by atoms with Gasteiger partial charge in [0.15, 0.2) is 0 Å². The molecule has 4 nitrogen and oxygen atoms in total. The molecule has 3 aromatic rings. The Kier molecular flexibility index (Phi) is 3.69. The lowest BCUT2D eigenvalue weighted by molar-refractivity contribution is 0.823. The zero-order valence-corrected chi connectivity index (χ0v) is 11.9. The molecular weight excluding hydrogens is 262 g/mol. The Morgan fingerprint density at radius 1 is 1.14 bits per heavy atom. The monoisotopic (exact) mass is 279 g/mol. The highest BCUT2D eigenvalue weighted by Crippen LogP contribution is 2.09. The molecule has 2 aromatic heterocycles. The zero-order chi connectivity index (χ0) is 14.7. The summed E-state index contributed by atoms with van der Waals surface area (Å²) >= 11 is 0. The van der Waals surface area contributed by atoms with Crippen LogP contribution in [0.5, 0.6) is 0 Å². The highest BCUT2D eigenvalue weighted by molar-refractivity contribution is 5.34. The van der Waals surface area contributed by atoms with Crippen molar-refractivity contribution in [3.05, 3.63) is 82.0 Å². The van der Waals surface area contributed by atoms with E-state index in [0.717, 1.165) is 23.4 Å². The standard InChI is InChI=1S/C17H17N3O/c1-2-13-5-7-16(8-6-13)20-17(21)11-15(19-20)10-14-4-3-9-18-12-14/h3-9,11-12,19H,2,10H2,1H3. The summed E-state index contributed by atoms with van der Waals surface area (Å²) in [5.41, 5.74) is 4.03. The molecule has 0 aliphatic carbocycles. The van der Waals surface area contributed by atoms with E-state index in [1.54, 1.807) is 16.9 Å². The number of rotatable bonds is 4. The minimum absolute atomic E-state index is 0.0434. The fourth-order valence-corrected chi connectivity index (χ4v) is 2.33. The molecule has 0 spiro atoms. The quantitative estimate of drug-likeness (QED) is 0.798. The van der Waals surface area contributed by atoms with Gasteiger partial charge in [-0.05, 0) is 35.7 Å². The lowest BCUT2D eigenvalue weighted by Gasteiger charge is -2.03. The molecule has 0 amide bonds. The molecule has 0 aliphatic heterocycles. The predicted octanol–water partition coefficient (Wildman–Crippen LogP) is 2.71. The van der Waals surface area contributed by atoms with Crippen LogP contribution in [-0.4, -0.2) is 14.8 Å². The zero-order valence-electron chi connectivity index (χ0n) is 11.9. The number of nitrogens with one attached hydrogen (secondary N) is 1. The molecule has 0 unspecified atom stereocenters. The summed E-state index contributed by atoms with van der Waals surface area (Å²) in [6.07, 6.45) is 5.22. The molecule has 0 radical (unpaired) electrons. The van der Waals surface area contributed by atoms with Crippen LogP contribution >= 0.6 is 0 Å². The molecule has 0 saturated heterocycles. The van der Waals surface area contributed by atoms with Crippen LogP contribution in [0.3, 0.4) is 0 Å². The van der Waals surface area contributed by atoms with Gasteiger partial charge in [0.1, 0.15) is 0 Å². The third kappa shape index (κ3) is 2.94. The van der Waals surface area contributed by atoms with Gasteiger partial charge in [-0.3, -0.25) is 14.9 Å². The van der Waals surface area contributed by atoms with Crippen LogP contribution in [-0.2, 0) is 12.8 Å². The van der Waals surface area contributed by atoms with Gasteiger partial charge < -0.3 is 0 Å². The summed E-state index contributed by atoms with van der Waals surface area (Å²) in [6, 6.07) is 13.6. The average molecular weight is 279 g/mol. The minimum Gasteiger partial charge on any atom is -0.295 e. The van der Waals surface area contributed by atoms with E-state index < -0.39 is 0 Å². The molecule has 21 heavy (non-hydrogen) atoms. The van der Waals surface area contributed by atoms with Crippen LogP contribution in [0.15, 0.2) is 59.7 Å². The summed E-state index contributed by atoms with van der Waals surface area (Å²) < 4.78 is 1.57. The van der Waals surface area contributed by atoms with Crippen LogP contribution in [0.25, 0.3) is 5.69 Å². The van der Waals surface area contributed by atoms with Crippen LogP contribution in [0.2, 0.25) is 0 Å². The Morgan fingerprint density at radius 3 is 2.62 bits per heavy atom. The number of H-pyrrole nitrogens is 1. The molecule has 0 bridgehead atoms. The second-order valence-corrected chi connectivity index (χ2v) is 5.01. The predicted molar refractivity (Wildman–Crippen MR) is 82.8 cm³/mol. The molecule has 0 fully saturated rings. The van der Waals surface area contributed by atoms with Gasteiger partial charge in [0.2, 0.25) is 0 Å². The van der Waals surface area contributed by atoms with E-state index in [4.69, 9.17) is 0 Å². The highest BCUT2D eigenvalue weighted by atomic mass is 16.1. The van der Waals surface area contributed by atoms with Crippen molar-refractivity contribution in [1.29, 1.82) is 0 Å². The van der Waals surface area contributed by atoms with E-state index in [-0.39, 0.29) is 5.56 Å². The molecule has 2 heterocycles. The van der Waals surface area contributed by atoms with Crippen molar-refractivity contribution in [1.82, 2.24) is 14.8 Å². The van der Waals surface area contributed by atoms with Crippen LogP contribution in [0.1, 0.15) is 23.7 Å². The fourth-order valence-electron chi connectivity index (χ4n) is 2.33. The normalized spacial score (nSPS) is 10.7. The Morgan fingerprint density at radius 2 is 1.95 bits per heavy atom. The molecule has 1 aromatic carbocycles. The SMILES string of the molecule is CCc1ccc(-n2[nH]c(Cc3cccnc3)cc2=O)cc1. The molecular formula is C17H17N3O. The third-order valence-corrected chi connectivity index (χ3v) is 3.49. The smallest absolute Gasteiger partial charge is 0.271 e. The van der Waals surface area contributed by atoms with E-state index in [1.807, 2.05) is 42.6 Å². The van der Waals surface area contributed by atoms with Crippen molar-refractivity contribution >= 4 is 0 Å². The van der Waals surface area contributed by atoms with Gasteiger partial charge in [0, 0.05) is 30.6 Å². The number of aryl methyl sites for hydroxylation is 1. The largest absolute Gasteiger partial charge is 0.295 e. The third-order valence-electron chi connectivity index (χ3n) is 3.49. The first-order valence-electron chi connectivity index (χ1n) is 7.05. The van der Waals surface area contributed by atoms with Crippen molar-refractivity contribution in [2.75, 3.05) is 0 Å². The summed E-state index contributed by atoms with van der Waals surface area (Å²) in [6.45, 7) is 2.11. The van der Waals surface area contributed by atoms with E-state index >= 15 is 0 Å². The average Bonchev–Trinajstić information content (AvgIpc) is 2.89. The van der Waals surface area contributed by atoms with Crippen LogP contribution in [0, 0.1) is 0 Å². The maximum absolute atomic E-state index is 12.1. The maximum Gasteiger partial charge on any atom is 0.271 e. The van der Waals surface area contributed by atoms with Crippen molar-refractivity contribution in [2.24, 2.45) is 0 Å². The number of aromatic nitrogens is 3. The maximum atomic E-state index is 12.1. The Labute approximate surface area is 123 Å². The van der Waals surface area contributed by atoms with Crippen molar-refractivity contribution < 1.29 is 0 Å². The number of hydrogen-bond donors (Lipinski definition) is 1. The number of pyridine rings is 1. The van der Waals surface area contributed by atoms with E-state index in [2.05, 4.69) is 17.0 Å². The summed E-state index contributed by atoms with van der Waals surface area (Å²) in [5, 5.41) is 3.16. The first kappa shape index (κ1) is 13.4. The Hall–Kier alpha value is -2.62. The molecule has 1 N–H and O–H groups in total. The number of hydrogen-bond acceptors (Lipinski definition) is 2. The number of nitrogens with zero attached hydrogens (tertiary/aromatic N) is 2. The fraction of sp³-hybridized carbons (Fsp3) is 0.176. The molecule has 0 saturated carbocycles. The first-order valence-corrected chi connectivity index (χ1v) is 7.05. The molecule has 0 aliphatic rings. The number of aromatic amines is 1. The Bertz CT molecular complexity index is 770. The lowest BCUT2D eigenvalue weighted by atomic mass is 10.1. The molecule has 0 atom stereocenters. The van der Waals surface area contributed by atoms with Gasteiger partial charge in [-0.2, -0.15) is 0 Å². The van der Waals surface area contributed by atoms with Gasteiger partial charge in [-0.1, -0.05) is 25.1 Å². The molecule has 106 valence electrons. The van der Waals surface area contributed by atoms with Crippen LogP contribution < -0.4 is 5.56 Å². The van der Waals surface area contributed by atoms with Gasteiger partial charge in [-0.25, -0.2) is 4.68 Å². The Balaban J connectivity index is 1.88. The summed E-state index contributed by atoms with van der Waals surface area (Å²) in [5.74, 6) is 0. The van der Waals surface area contributed by atoms with Crippen molar-refractivity contribution in [2.45, 2.75) is 19.8 Å². The second kappa shape index (κ2) is 5.79. The van der Waals surface area contributed by atoms with E-state index in [9.17, 15) is 4.79 Å². The van der Waals surface area contributed by atoms with E-state index in [0.29, 0.717) is 6.42 Å². The van der Waals surface area contributed by atoms with Gasteiger partial charge >= 0.3 is 0 Å². The van der Waals surface area contributed by atoms with Crippen molar-refractivity contribution in [3.8, 4) is 5.69 Å². The van der Waals surface area contributed by atoms with Gasteiger partial charge in [-0.15, -0.1) is 0 Å². The molecule has 4 heteroatoms. The first-order chi connectivity index (χ1) is 10.3. The summed E-state index contributed by atoms with van der Waals surface area (Å²) in [4.78, 5) is 16.2.